The van der Waals surface area contributed by atoms with E-state index in [4.69, 9.17) is 0 Å². The molecule has 0 aliphatic rings. The van der Waals surface area contributed by atoms with Gasteiger partial charge in [0.1, 0.15) is 4.70 Å². The van der Waals surface area contributed by atoms with Gasteiger partial charge < -0.3 is 5.32 Å². The Labute approximate surface area is 160 Å². The number of benzene rings is 1. The quantitative estimate of drug-likeness (QED) is 0.518. The van der Waals surface area contributed by atoms with Crippen LogP contribution in [0, 0.1) is 13.8 Å². The average Bonchev–Trinajstić information content (AvgIpc) is 3.08. The lowest BCUT2D eigenvalue weighted by molar-refractivity contribution is -0.118. The molecule has 3 aromatic rings. The van der Waals surface area contributed by atoms with Crippen LogP contribution in [0.4, 0.5) is 0 Å². The van der Waals surface area contributed by atoms with Crippen molar-refractivity contribution < 1.29 is 4.79 Å². The lowest BCUT2D eigenvalue weighted by Crippen LogP contribution is -2.27. The first-order valence-electron chi connectivity index (χ1n) is 8.48. The molecule has 0 spiro atoms. The van der Waals surface area contributed by atoms with Crippen molar-refractivity contribution in [3.63, 3.8) is 0 Å². The van der Waals surface area contributed by atoms with E-state index < -0.39 is 0 Å². The SMILES string of the molecule is CCCNC(=O)CSc1nc2ccsc2c(=O)n1-c1ccc(C)cc1C. The van der Waals surface area contributed by atoms with Crippen molar-refractivity contribution in [3.8, 4) is 5.69 Å². The Bertz CT molecular complexity index is 1010. The summed E-state index contributed by atoms with van der Waals surface area (Å²) in [6.45, 7) is 6.67. The van der Waals surface area contributed by atoms with Gasteiger partial charge in [0, 0.05) is 6.54 Å². The fraction of sp³-hybridized carbons (Fsp3) is 0.316. The van der Waals surface area contributed by atoms with E-state index in [1.54, 1.807) is 4.57 Å². The number of rotatable bonds is 6. The number of carbonyl (C=O) groups is 1. The van der Waals surface area contributed by atoms with Gasteiger partial charge in [0.2, 0.25) is 5.91 Å². The molecule has 0 saturated carbocycles. The number of nitrogens with one attached hydrogen (secondary N) is 1. The lowest BCUT2D eigenvalue weighted by Gasteiger charge is -2.14. The zero-order valence-electron chi connectivity index (χ0n) is 15.0. The van der Waals surface area contributed by atoms with Crippen molar-refractivity contribution in [1.29, 1.82) is 0 Å². The van der Waals surface area contributed by atoms with E-state index >= 15 is 0 Å². The first-order chi connectivity index (χ1) is 12.5. The van der Waals surface area contributed by atoms with Crippen LogP contribution in [0.5, 0.6) is 0 Å². The highest BCUT2D eigenvalue weighted by Crippen LogP contribution is 2.25. The molecule has 5 nitrogen and oxygen atoms in total. The zero-order chi connectivity index (χ0) is 18.7. The second-order valence-corrected chi connectivity index (χ2v) is 7.96. The molecule has 0 bridgehead atoms. The predicted octanol–water partition coefficient (Wildman–Crippen LogP) is 3.68. The number of hydrogen-bond acceptors (Lipinski definition) is 5. The summed E-state index contributed by atoms with van der Waals surface area (Å²) in [4.78, 5) is 29.7. The van der Waals surface area contributed by atoms with Crippen LogP contribution in [0.15, 0.2) is 39.6 Å². The molecule has 7 heteroatoms. The van der Waals surface area contributed by atoms with Gasteiger partial charge in [-0.25, -0.2) is 4.98 Å². The van der Waals surface area contributed by atoms with Crippen molar-refractivity contribution >= 4 is 39.2 Å². The summed E-state index contributed by atoms with van der Waals surface area (Å²) in [5, 5.41) is 5.26. The molecular weight excluding hydrogens is 366 g/mol. The number of fused-ring (bicyclic) bond motifs is 1. The third-order valence-corrected chi connectivity index (χ3v) is 5.78. The van der Waals surface area contributed by atoms with Crippen LogP contribution < -0.4 is 10.9 Å². The normalized spacial score (nSPS) is 11.0. The molecule has 0 saturated heterocycles. The molecule has 1 amide bonds. The Hall–Kier alpha value is -2.12. The van der Waals surface area contributed by atoms with Gasteiger partial charge in [-0.15, -0.1) is 11.3 Å². The Kier molecular flexibility index (Phi) is 5.78. The van der Waals surface area contributed by atoms with Crippen molar-refractivity contribution in [2.75, 3.05) is 12.3 Å². The third-order valence-electron chi connectivity index (χ3n) is 3.95. The summed E-state index contributed by atoms with van der Waals surface area (Å²) < 4.78 is 2.26. The molecule has 136 valence electrons. The smallest absolute Gasteiger partial charge is 0.276 e. The topological polar surface area (TPSA) is 64.0 Å². The molecule has 1 aromatic carbocycles. The Morgan fingerprint density at radius 3 is 2.85 bits per heavy atom. The Morgan fingerprint density at radius 2 is 2.12 bits per heavy atom. The molecule has 3 rings (SSSR count). The molecule has 1 N–H and O–H groups in total. The molecule has 0 radical (unpaired) electrons. The van der Waals surface area contributed by atoms with E-state index in [1.807, 2.05) is 50.4 Å². The van der Waals surface area contributed by atoms with Gasteiger partial charge >= 0.3 is 0 Å². The number of aryl methyl sites for hydroxylation is 2. The van der Waals surface area contributed by atoms with Crippen LogP contribution in [0.25, 0.3) is 15.9 Å². The standard InChI is InChI=1S/C19H21N3O2S2/c1-4-8-20-16(23)11-26-19-21-14-7-9-25-17(14)18(24)22(19)15-6-5-12(2)10-13(15)3/h5-7,9-10H,4,8,11H2,1-3H3,(H,20,23). The van der Waals surface area contributed by atoms with Gasteiger partial charge in [-0.3, -0.25) is 14.2 Å². The second kappa shape index (κ2) is 8.05. The summed E-state index contributed by atoms with van der Waals surface area (Å²) in [5.74, 6) is 0.177. The molecule has 2 heterocycles. The van der Waals surface area contributed by atoms with Gasteiger partial charge in [0.25, 0.3) is 5.56 Å². The van der Waals surface area contributed by atoms with Crippen molar-refractivity contribution in [2.24, 2.45) is 0 Å². The molecule has 0 unspecified atom stereocenters. The van der Waals surface area contributed by atoms with Crippen molar-refractivity contribution in [2.45, 2.75) is 32.3 Å². The highest BCUT2D eigenvalue weighted by atomic mass is 32.2. The molecule has 0 atom stereocenters. The third kappa shape index (κ3) is 3.83. The van der Waals surface area contributed by atoms with E-state index in [0.29, 0.717) is 21.9 Å². The monoisotopic (exact) mass is 387 g/mol. The number of amides is 1. The van der Waals surface area contributed by atoms with Gasteiger partial charge in [0.15, 0.2) is 5.16 Å². The highest BCUT2D eigenvalue weighted by molar-refractivity contribution is 7.99. The van der Waals surface area contributed by atoms with Crippen molar-refractivity contribution in [3.05, 3.63) is 51.1 Å². The summed E-state index contributed by atoms with van der Waals surface area (Å²) in [6.07, 6.45) is 0.892. The number of thioether (sulfide) groups is 1. The minimum absolute atomic E-state index is 0.0521. The van der Waals surface area contributed by atoms with Crippen LogP contribution in [0.2, 0.25) is 0 Å². The van der Waals surface area contributed by atoms with Gasteiger partial charge in [-0.1, -0.05) is 36.4 Å². The molecule has 0 aliphatic carbocycles. The van der Waals surface area contributed by atoms with E-state index in [-0.39, 0.29) is 17.2 Å². The number of carbonyl (C=O) groups excluding carboxylic acids is 1. The maximum Gasteiger partial charge on any atom is 0.276 e. The van der Waals surface area contributed by atoms with E-state index in [9.17, 15) is 9.59 Å². The fourth-order valence-electron chi connectivity index (χ4n) is 2.70. The number of hydrogen-bond donors (Lipinski definition) is 1. The first kappa shape index (κ1) is 18.7. The number of thiophene rings is 1. The molecule has 26 heavy (non-hydrogen) atoms. The summed E-state index contributed by atoms with van der Waals surface area (Å²) >= 11 is 2.68. The van der Waals surface area contributed by atoms with Crippen molar-refractivity contribution in [1.82, 2.24) is 14.9 Å². The lowest BCUT2D eigenvalue weighted by atomic mass is 10.1. The fourth-order valence-corrected chi connectivity index (χ4v) is 4.30. The highest BCUT2D eigenvalue weighted by Gasteiger charge is 2.16. The largest absolute Gasteiger partial charge is 0.355 e. The van der Waals surface area contributed by atoms with Gasteiger partial charge in [-0.2, -0.15) is 0 Å². The predicted molar refractivity (Wildman–Crippen MR) is 109 cm³/mol. The first-order valence-corrected chi connectivity index (χ1v) is 10.3. The van der Waals surface area contributed by atoms with E-state index in [0.717, 1.165) is 23.2 Å². The van der Waals surface area contributed by atoms with E-state index in [2.05, 4.69) is 10.3 Å². The van der Waals surface area contributed by atoms with E-state index in [1.165, 1.54) is 23.1 Å². The summed E-state index contributed by atoms with van der Waals surface area (Å²) in [7, 11) is 0. The number of nitrogens with zero attached hydrogens (tertiary/aromatic N) is 2. The molecule has 2 aromatic heterocycles. The molecule has 0 fully saturated rings. The maximum atomic E-state index is 13.1. The van der Waals surface area contributed by atoms with Crippen LogP contribution in [-0.4, -0.2) is 27.8 Å². The minimum atomic E-state index is -0.0894. The summed E-state index contributed by atoms with van der Waals surface area (Å²) in [6, 6.07) is 7.81. The maximum absolute atomic E-state index is 13.1. The molecule has 0 aliphatic heterocycles. The average molecular weight is 388 g/mol. The van der Waals surface area contributed by atoms with Crippen LogP contribution in [-0.2, 0) is 4.79 Å². The second-order valence-electron chi connectivity index (χ2n) is 6.10. The van der Waals surface area contributed by atoms with Crippen LogP contribution >= 0.6 is 23.1 Å². The van der Waals surface area contributed by atoms with Crippen LogP contribution in [0.1, 0.15) is 24.5 Å². The number of aromatic nitrogens is 2. The Morgan fingerprint density at radius 1 is 1.31 bits per heavy atom. The van der Waals surface area contributed by atoms with Gasteiger partial charge in [-0.05, 0) is 43.3 Å². The van der Waals surface area contributed by atoms with Crippen LogP contribution in [0.3, 0.4) is 0 Å². The van der Waals surface area contributed by atoms with Gasteiger partial charge in [0.05, 0.1) is 17.0 Å². The molecular formula is C19H21N3O2S2. The summed E-state index contributed by atoms with van der Waals surface area (Å²) in [5.41, 5.74) is 3.53. The Balaban J connectivity index is 2.06. The minimum Gasteiger partial charge on any atom is -0.355 e. The zero-order valence-corrected chi connectivity index (χ0v) is 16.7.